The lowest BCUT2D eigenvalue weighted by atomic mass is 10.0. The van der Waals surface area contributed by atoms with Crippen LogP contribution in [-0.4, -0.2) is 18.1 Å². The third-order valence-corrected chi connectivity index (χ3v) is 2.70. The summed E-state index contributed by atoms with van der Waals surface area (Å²) in [4.78, 5) is 0. The molecule has 0 saturated carbocycles. The maximum atomic E-state index is 6.09. The Kier molecular flexibility index (Phi) is 4.24. The molecule has 1 nitrogen and oxygen atoms in total. The molecule has 2 atom stereocenters. The molecule has 0 aliphatic carbocycles. The van der Waals surface area contributed by atoms with Gasteiger partial charge in [0.15, 0.2) is 0 Å². The molecule has 1 saturated heterocycles. The third kappa shape index (κ3) is 3.00. The van der Waals surface area contributed by atoms with E-state index in [1.165, 1.54) is 12.8 Å². The maximum Gasteiger partial charge on any atom is 0.0738 e. The van der Waals surface area contributed by atoms with Gasteiger partial charge in [-0.05, 0) is 19.3 Å². The smallest absolute Gasteiger partial charge is 0.0738 e. The normalized spacial score (nSPS) is 32.2. The van der Waals surface area contributed by atoms with Crippen LogP contribution >= 0.6 is 11.6 Å². The summed E-state index contributed by atoms with van der Waals surface area (Å²) in [5.74, 6) is 0. The fraction of sp³-hybridized carbons (Fsp3) is 1.00. The number of halogens is 1. The van der Waals surface area contributed by atoms with Gasteiger partial charge in [0.2, 0.25) is 0 Å². The summed E-state index contributed by atoms with van der Waals surface area (Å²) < 4.78 is 5.56. The summed E-state index contributed by atoms with van der Waals surface area (Å²) in [5, 5.41) is 0.273. The van der Waals surface area contributed by atoms with E-state index in [-0.39, 0.29) is 5.38 Å². The molecule has 1 rings (SSSR count). The Bertz CT molecular complexity index is 106. The van der Waals surface area contributed by atoms with Gasteiger partial charge in [-0.3, -0.25) is 0 Å². The number of rotatable bonds is 3. The highest BCUT2D eigenvalue weighted by molar-refractivity contribution is 6.21. The summed E-state index contributed by atoms with van der Waals surface area (Å²) >= 11 is 6.09. The molecule has 2 heteroatoms. The standard InChI is InChI=1S/C9H17ClO/c1-2-3-6-9-8(10)5-4-7-11-9/h8-9H,2-7H2,1H3/t8-,9-/m0/s1. The largest absolute Gasteiger partial charge is 0.377 e. The highest BCUT2D eigenvalue weighted by atomic mass is 35.5. The first-order valence-electron chi connectivity index (χ1n) is 4.60. The topological polar surface area (TPSA) is 9.23 Å². The molecule has 0 unspecified atom stereocenters. The van der Waals surface area contributed by atoms with Crippen LogP contribution in [0.5, 0.6) is 0 Å². The zero-order valence-corrected chi connectivity index (χ0v) is 7.94. The van der Waals surface area contributed by atoms with Crippen molar-refractivity contribution in [1.82, 2.24) is 0 Å². The SMILES string of the molecule is CCCC[C@@H]1OCCC[C@@H]1Cl. The van der Waals surface area contributed by atoms with E-state index in [2.05, 4.69) is 6.92 Å². The number of unbranched alkanes of at least 4 members (excludes halogenated alkanes) is 1. The fourth-order valence-electron chi connectivity index (χ4n) is 1.47. The first-order chi connectivity index (χ1) is 5.34. The third-order valence-electron chi connectivity index (χ3n) is 2.20. The molecular weight excluding hydrogens is 160 g/mol. The summed E-state index contributed by atoms with van der Waals surface area (Å²) in [6, 6.07) is 0. The van der Waals surface area contributed by atoms with Crippen LogP contribution in [0.4, 0.5) is 0 Å². The Morgan fingerprint density at radius 3 is 3.00 bits per heavy atom. The van der Waals surface area contributed by atoms with Crippen LogP contribution in [0.1, 0.15) is 39.0 Å². The number of hydrogen-bond donors (Lipinski definition) is 0. The van der Waals surface area contributed by atoms with Crippen molar-refractivity contribution >= 4 is 11.6 Å². The highest BCUT2D eigenvalue weighted by Gasteiger charge is 2.22. The van der Waals surface area contributed by atoms with Crippen molar-refractivity contribution in [3.63, 3.8) is 0 Å². The van der Waals surface area contributed by atoms with Crippen LogP contribution in [-0.2, 0) is 4.74 Å². The summed E-state index contributed by atoms with van der Waals surface area (Å²) in [7, 11) is 0. The minimum absolute atomic E-state index is 0.273. The average Bonchev–Trinajstić information content (AvgIpc) is 2.03. The van der Waals surface area contributed by atoms with Crippen molar-refractivity contribution < 1.29 is 4.74 Å². The van der Waals surface area contributed by atoms with E-state index in [0.717, 1.165) is 25.9 Å². The second-order valence-electron chi connectivity index (χ2n) is 3.21. The predicted octanol–water partition coefficient (Wildman–Crippen LogP) is 2.96. The van der Waals surface area contributed by atoms with E-state index in [1.807, 2.05) is 0 Å². The molecule has 11 heavy (non-hydrogen) atoms. The van der Waals surface area contributed by atoms with Crippen LogP contribution in [0.3, 0.4) is 0 Å². The first kappa shape index (κ1) is 9.34. The molecule has 1 aliphatic heterocycles. The van der Waals surface area contributed by atoms with Gasteiger partial charge in [0.25, 0.3) is 0 Å². The Morgan fingerprint density at radius 1 is 1.55 bits per heavy atom. The Morgan fingerprint density at radius 2 is 2.36 bits per heavy atom. The zero-order chi connectivity index (χ0) is 8.10. The lowest BCUT2D eigenvalue weighted by Gasteiger charge is -2.27. The second-order valence-corrected chi connectivity index (χ2v) is 3.77. The molecule has 66 valence electrons. The molecule has 0 N–H and O–H groups in total. The van der Waals surface area contributed by atoms with Crippen molar-refractivity contribution in [2.24, 2.45) is 0 Å². The van der Waals surface area contributed by atoms with Crippen molar-refractivity contribution in [1.29, 1.82) is 0 Å². The maximum absolute atomic E-state index is 6.09. The lowest BCUT2D eigenvalue weighted by Crippen LogP contribution is -2.29. The van der Waals surface area contributed by atoms with Crippen LogP contribution in [0.25, 0.3) is 0 Å². The van der Waals surface area contributed by atoms with E-state index in [0.29, 0.717) is 6.10 Å². The van der Waals surface area contributed by atoms with Crippen LogP contribution in [0, 0.1) is 0 Å². The molecule has 0 aromatic heterocycles. The molecular formula is C9H17ClO. The van der Waals surface area contributed by atoms with Crippen molar-refractivity contribution in [2.45, 2.75) is 50.5 Å². The van der Waals surface area contributed by atoms with Crippen LogP contribution in [0.2, 0.25) is 0 Å². The van der Waals surface area contributed by atoms with Gasteiger partial charge in [-0.25, -0.2) is 0 Å². The van der Waals surface area contributed by atoms with Gasteiger partial charge in [0.1, 0.15) is 0 Å². The Balaban J connectivity index is 2.18. The van der Waals surface area contributed by atoms with Gasteiger partial charge in [0, 0.05) is 6.61 Å². The molecule has 0 aromatic carbocycles. The van der Waals surface area contributed by atoms with Gasteiger partial charge in [-0.1, -0.05) is 19.8 Å². The molecule has 0 spiro atoms. The molecule has 0 bridgehead atoms. The van der Waals surface area contributed by atoms with E-state index in [9.17, 15) is 0 Å². The summed E-state index contributed by atoms with van der Waals surface area (Å²) in [6.07, 6.45) is 6.24. The van der Waals surface area contributed by atoms with E-state index in [4.69, 9.17) is 16.3 Å². The minimum Gasteiger partial charge on any atom is -0.377 e. The Labute approximate surface area is 74.1 Å². The van der Waals surface area contributed by atoms with E-state index in [1.54, 1.807) is 0 Å². The molecule has 1 fully saturated rings. The van der Waals surface area contributed by atoms with Crippen LogP contribution in [0.15, 0.2) is 0 Å². The number of ether oxygens (including phenoxy) is 1. The molecule has 0 radical (unpaired) electrons. The number of alkyl halides is 1. The summed E-state index contributed by atoms with van der Waals surface area (Å²) in [6.45, 7) is 3.11. The van der Waals surface area contributed by atoms with Gasteiger partial charge in [-0.2, -0.15) is 0 Å². The van der Waals surface area contributed by atoms with Gasteiger partial charge < -0.3 is 4.74 Å². The van der Waals surface area contributed by atoms with Crippen LogP contribution < -0.4 is 0 Å². The predicted molar refractivity (Wildman–Crippen MR) is 48.1 cm³/mol. The van der Waals surface area contributed by atoms with Gasteiger partial charge in [-0.15, -0.1) is 11.6 Å². The molecule has 1 heterocycles. The molecule has 0 amide bonds. The van der Waals surface area contributed by atoms with E-state index >= 15 is 0 Å². The first-order valence-corrected chi connectivity index (χ1v) is 5.04. The van der Waals surface area contributed by atoms with Crippen molar-refractivity contribution in [3.05, 3.63) is 0 Å². The van der Waals surface area contributed by atoms with Crippen molar-refractivity contribution in [3.8, 4) is 0 Å². The fourth-order valence-corrected chi connectivity index (χ4v) is 1.83. The second kappa shape index (κ2) is 5.00. The summed E-state index contributed by atoms with van der Waals surface area (Å²) in [5.41, 5.74) is 0. The van der Waals surface area contributed by atoms with Crippen molar-refractivity contribution in [2.75, 3.05) is 6.61 Å². The average molecular weight is 177 g/mol. The Hall–Kier alpha value is 0.250. The zero-order valence-electron chi connectivity index (χ0n) is 7.18. The number of hydrogen-bond acceptors (Lipinski definition) is 1. The quantitative estimate of drug-likeness (QED) is 0.601. The molecule has 0 aromatic rings. The molecule has 1 aliphatic rings. The monoisotopic (exact) mass is 176 g/mol. The van der Waals surface area contributed by atoms with Gasteiger partial charge in [0.05, 0.1) is 11.5 Å². The minimum atomic E-state index is 0.273. The lowest BCUT2D eigenvalue weighted by molar-refractivity contribution is 0.0134. The highest BCUT2D eigenvalue weighted by Crippen LogP contribution is 2.22. The van der Waals surface area contributed by atoms with Gasteiger partial charge >= 0.3 is 0 Å². The van der Waals surface area contributed by atoms with E-state index < -0.39 is 0 Å².